The maximum Gasteiger partial charge on any atom is 0.336 e. The van der Waals surface area contributed by atoms with E-state index in [0.717, 1.165) is 18.8 Å². The number of hydrogen-bond acceptors (Lipinski definition) is 5. The van der Waals surface area contributed by atoms with Gasteiger partial charge in [0.25, 0.3) is 0 Å². The molecule has 20 heavy (non-hydrogen) atoms. The SMILES string of the molecule is CCOc1ccc(CN2CCOC(C(=O)OC)C2)cc1. The highest BCUT2D eigenvalue weighted by Crippen LogP contribution is 2.15. The van der Waals surface area contributed by atoms with Crippen molar-refractivity contribution in [3.8, 4) is 5.75 Å². The zero-order chi connectivity index (χ0) is 14.4. The van der Waals surface area contributed by atoms with Gasteiger partial charge in [-0.1, -0.05) is 12.1 Å². The van der Waals surface area contributed by atoms with E-state index in [1.807, 2.05) is 31.2 Å². The van der Waals surface area contributed by atoms with Crippen molar-refractivity contribution in [2.45, 2.75) is 19.6 Å². The van der Waals surface area contributed by atoms with Gasteiger partial charge in [0.15, 0.2) is 6.10 Å². The summed E-state index contributed by atoms with van der Waals surface area (Å²) >= 11 is 0. The number of rotatable bonds is 5. The molecule has 1 unspecified atom stereocenters. The molecule has 0 saturated carbocycles. The summed E-state index contributed by atoms with van der Waals surface area (Å²) in [5, 5.41) is 0. The van der Waals surface area contributed by atoms with Crippen molar-refractivity contribution in [1.82, 2.24) is 4.90 Å². The number of hydrogen-bond donors (Lipinski definition) is 0. The molecule has 0 amide bonds. The molecule has 0 spiro atoms. The number of nitrogens with zero attached hydrogens (tertiary/aromatic N) is 1. The van der Waals surface area contributed by atoms with E-state index < -0.39 is 6.10 Å². The number of carbonyl (C=O) groups excluding carboxylic acids is 1. The molecule has 0 aliphatic carbocycles. The molecule has 1 saturated heterocycles. The minimum Gasteiger partial charge on any atom is -0.494 e. The van der Waals surface area contributed by atoms with Gasteiger partial charge in [-0.25, -0.2) is 4.79 Å². The van der Waals surface area contributed by atoms with Crippen molar-refractivity contribution in [2.75, 3.05) is 33.4 Å². The van der Waals surface area contributed by atoms with Gasteiger partial charge >= 0.3 is 5.97 Å². The molecule has 1 heterocycles. The minimum absolute atomic E-state index is 0.304. The van der Waals surface area contributed by atoms with E-state index in [4.69, 9.17) is 14.2 Å². The normalized spacial score (nSPS) is 19.6. The molecule has 1 aromatic rings. The zero-order valence-electron chi connectivity index (χ0n) is 12.0. The van der Waals surface area contributed by atoms with Crippen molar-refractivity contribution in [3.05, 3.63) is 29.8 Å². The summed E-state index contributed by atoms with van der Waals surface area (Å²) < 4.78 is 15.6. The van der Waals surface area contributed by atoms with Crippen molar-refractivity contribution in [2.24, 2.45) is 0 Å². The molecule has 5 heteroatoms. The van der Waals surface area contributed by atoms with E-state index in [-0.39, 0.29) is 5.97 Å². The van der Waals surface area contributed by atoms with Gasteiger partial charge in [0.2, 0.25) is 0 Å². The molecule has 0 N–H and O–H groups in total. The largest absolute Gasteiger partial charge is 0.494 e. The van der Waals surface area contributed by atoms with Gasteiger partial charge in [0, 0.05) is 19.6 Å². The van der Waals surface area contributed by atoms with Crippen LogP contribution in [0.2, 0.25) is 0 Å². The number of benzene rings is 1. The Bertz CT molecular complexity index is 432. The van der Waals surface area contributed by atoms with E-state index in [9.17, 15) is 4.79 Å². The lowest BCUT2D eigenvalue weighted by molar-refractivity contribution is -0.160. The molecule has 0 bridgehead atoms. The van der Waals surface area contributed by atoms with Crippen LogP contribution in [0.25, 0.3) is 0 Å². The summed E-state index contributed by atoms with van der Waals surface area (Å²) in [5.41, 5.74) is 1.19. The smallest absolute Gasteiger partial charge is 0.336 e. The summed E-state index contributed by atoms with van der Waals surface area (Å²) in [6, 6.07) is 8.04. The van der Waals surface area contributed by atoms with Crippen LogP contribution in [0.1, 0.15) is 12.5 Å². The standard InChI is InChI=1S/C15H21NO4/c1-3-19-13-6-4-12(5-7-13)10-16-8-9-20-14(11-16)15(17)18-2/h4-7,14H,3,8-11H2,1-2H3. The average Bonchev–Trinajstić information content (AvgIpc) is 2.49. The first-order chi connectivity index (χ1) is 9.72. The van der Waals surface area contributed by atoms with Crippen LogP contribution < -0.4 is 4.74 Å². The topological polar surface area (TPSA) is 48.0 Å². The third kappa shape index (κ3) is 3.95. The maximum atomic E-state index is 11.5. The van der Waals surface area contributed by atoms with Gasteiger partial charge in [-0.05, 0) is 24.6 Å². The molecule has 0 radical (unpaired) electrons. The fourth-order valence-corrected chi connectivity index (χ4v) is 2.24. The van der Waals surface area contributed by atoms with Crippen LogP contribution in [-0.2, 0) is 20.8 Å². The Hall–Kier alpha value is -1.59. The Morgan fingerprint density at radius 1 is 1.40 bits per heavy atom. The zero-order valence-corrected chi connectivity index (χ0v) is 12.0. The average molecular weight is 279 g/mol. The lowest BCUT2D eigenvalue weighted by Crippen LogP contribution is -2.46. The number of ether oxygens (including phenoxy) is 3. The van der Waals surface area contributed by atoms with Gasteiger partial charge in [-0.2, -0.15) is 0 Å². The lowest BCUT2D eigenvalue weighted by Gasteiger charge is -2.31. The molecule has 5 nitrogen and oxygen atoms in total. The maximum absolute atomic E-state index is 11.5. The minimum atomic E-state index is -0.476. The van der Waals surface area contributed by atoms with E-state index in [1.54, 1.807) is 0 Å². The molecule has 0 aromatic heterocycles. The van der Waals surface area contributed by atoms with Gasteiger partial charge < -0.3 is 14.2 Å². The highest BCUT2D eigenvalue weighted by Gasteiger charge is 2.27. The van der Waals surface area contributed by atoms with E-state index in [0.29, 0.717) is 19.8 Å². The Balaban J connectivity index is 1.90. The van der Waals surface area contributed by atoms with E-state index >= 15 is 0 Å². The third-order valence-corrected chi connectivity index (χ3v) is 3.26. The molecule has 110 valence electrons. The molecule has 1 aromatic carbocycles. The van der Waals surface area contributed by atoms with Crippen LogP contribution in [0.5, 0.6) is 5.75 Å². The molecule has 1 fully saturated rings. The van der Waals surface area contributed by atoms with E-state index in [2.05, 4.69) is 4.90 Å². The van der Waals surface area contributed by atoms with Gasteiger partial charge in [-0.3, -0.25) is 4.90 Å². The summed E-state index contributed by atoms with van der Waals surface area (Å²) in [4.78, 5) is 13.7. The molecular weight excluding hydrogens is 258 g/mol. The monoisotopic (exact) mass is 279 g/mol. The number of methoxy groups -OCH3 is 1. The molecule has 1 aliphatic heterocycles. The van der Waals surface area contributed by atoms with Crippen molar-refractivity contribution >= 4 is 5.97 Å². The van der Waals surface area contributed by atoms with Crippen molar-refractivity contribution in [3.63, 3.8) is 0 Å². The molecule has 1 aliphatic rings. The predicted octanol–water partition coefficient (Wildman–Crippen LogP) is 1.46. The summed E-state index contributed by atoms with van der Waals surface area (Å²) in [6.07, 6.45) is -0.476. The Kier molecular flexibility index (Phi) is 5.38. The first-order valence-corrected chi connectivity index (χ1v) is 6.86. The Morgan fingerprint density at radius 2 is 2.15 bits per heavy atom. The molecule has 2 rings (SSSR count). The first-order valence-electron chi connectivity index (χ1n) is 6.86. The third-order valence-electron chi connectivity index (χ3n) is 3.26. The van der Waals surface area contributed by atoms with Gasteiger partial charge in [0.1, 0.15) is 5.75 Å². The van der Waals surface area contributed by atoms with Crippen LogP contribution in [0.15, 0.2) is 24.3 Å². The van der Waals surface area contributed by atoms with Gasteiger partial charge in [0.05, 0.1) is 20.3 Å². The number of esters is 1. The first kappa shape index (κ1) is 14.8. The molecular formula is C15H21NO4. The summed E-state index contributed by atoms with van der Waals surface area (Å²) in [6.45, 7) is 5.37. The highest BCUT2D eigenvalue weighted by atomic mass is 16.6. The second-order valence-corrected chi connectivity index (χ2v) is 4.69. The Labute approximate surface area is 119 Å². The van der Waals surface area contributed by atoms with Crippen LogP contribution >= 0.6 is 0 Å². The lowest BCUT2D eigenvalue weighted by atomic mass is 10.2. The van der Waals surface area contributed by atoms with Crippen LogP contribution in [0.4, 0.5) is 0 Å². The second-order valence-electron chi connectivity index (χ2n) is 4.69. The van der Waals surface area contributed by atoms with Crippen LogP contribution in [-0.4, -0.2) is 50.4 Å². The van der Waals surface area contributed by atoms with Crippen molar-refractivity contribution in [1.29, 1.82) is 0 Å². The Morgan fingerprint density at radius 3 is 2.80 bits per heavy atom. The van der Waals surface area contributed by atoms with Crippen LogP contribution in [0.3, 0.4) is 0 Å². The highest BCUT2D eigenvalue weighted by molar-refractivity contribution is 5.74. The van der Waals surface area contributed by atoms with Gasteiger partial charge in [-0.15, -0.1) is 0 Å². The quantitative estimate of drug-likeness (QED) is 0.764. The molecule has 1 atom stereocenters. The fraction of sp³-hybridized carbons (Fsp3) is 0.533. The second kappa shape index (κ2) is 7.26. The number of carbonyl (C=O) groups is 1. The predicted molar refractivity (Wildman–Crippen MR) is 74.6 cm³/mol. The number of morpholine rings is 1. The van der Waals surface area contributed by atoms with E-state index in [1.165, 1.54) is 12.7 Å². The van der Waals surface area contributed by atoms with Crippen LogP contribution in [0, 0.1) is 0 Å². The fourth-order valence-electron chi connectivity index (χ4n) is 2.24. The van der Waals surface area contributed by atoms with Crippen molar-refractivity contribution < 1.29 is 19.0 Å². The summed E-state index contributed by atoms with van der Waals surface area (Å²) in [7, 11) is 1.39. The summed E-state index contributed by atoms with van der Waals surface area (Å²) in [5.74, 6) is 0.576.